The summed E-state index contributed by atoms with van der Waals surface area (Å²) in [5.74, 6) is 2.79. The summed E-state index contributed by atoms with van der Waals surface area (Å²) < 4.78 is 2.25. The molecule has 7 nitrogen and oxygen atoms in total. The summed E-state index contributed by atoms with van der Waals surface area (Å²) in [6.45, 7) is 10.2. The number of imidazole rings is 1. The van der Waals surface area contributed by atoms with Crippen LogP contribution in [0.3, 0.4) is 0 Å². The maximum atomic E-state index is 9.57. The molecule has 1 aliphatic rings. The van der Waals surface area contributed by atoms with Crippen molar-refractivity contribution >= 4 is 5.82 Å². The molecule has 0 spiro atoms. The number of aromatic nitrogens is 4. The predicted molar refractivity (Wildman–Crippen MR) is 102 cm³/mol. The third kappa shape index (κ3) is 4.59. The molecule has 1 aliphatic heterocycles. The van der Waals surface area contributed by atoms with Crippen LogP contribution in [-0.4, -0.2) is 55.3 Å². The quantitative estimate of drug-likeness (QED) is 0.786. The molecule has 142 valence electrons. The summed E-state index contributed by atoms with van der Waals surface area (Å²) in [5.41, 5.74) is 2.32. The fourth-order valence-corrected chi connectivity index (χ4v) is 3.45. The van der Waals surface area contributed by atoms with Gasteiger partial charge in [0.15, 0.2) is 0 Å². The highest BCUT2D eigenvalue weighted by atomic mass is 16.3. The molecule has 0 aliphatic carbocycles. The second kappa shape index (κ2) is 8.60. The van der Waals surface area contributed by atoms with Gasteiger partial charge in [0.2, 0.25) is 0 Å². The summed E-state index contributed by atoms with van der Waals surface area (Å²) in [5, 5.41) is 12.9. The fourth-order valence-electron chi connectivity index (χ4n) is 3.45. The lowest BCUT2D eigenvalue weighted by atomic mass is 10.1. The lowest BCUT2D eigenvalue weighted by Gasteiger charge is -2.20. The van der Waals surface area contributed by atoms with E-state index in [1.165, 1.54) is 5.56 Å². The second-order valence-electron chi connectivity index (χ2n) is 7.09. The van der Waals surface area contributed by atoms with Crippen molar-refractivity contribution in [1.82, 2.24) is 24.4 Å². The first-order chi connectivity index (χ1) is 12.6. The van der Waals surface area contributed by atoms with Gasteiger partial charge in [-0.2, -0.15) is 0 Å². The zero-order valence-corrected chi connectivity index (χ0v) is 16.1. The van der Waals surface area contributed by atoms with Gasteiger partial charge in [0.05, 0.1) is 18.3 Å². The Labute approximate surface area is 155 Å². The number of aryl methyl sites for hydroxylation is 2. The third-order valence-corrected chi connectivity index (χ3v) is 4.74. The number of aliphatic hydroxyl groups is 1. The Morgan fingerprint density at radius 3 is 2.85 bits per heavy atom. The van der Waals surface area contributed by atoms with E-state index in [2.05, 4.69) is 42.9 Å². The maximum Gasteiger partial charge on any atom is 0.133 e. The van der Waals surface area contributed by atoms with E-state index in [1.54, 1.807) is 6.92 Å². The van der Waals surface area contributed by atoms with Gasteiger partial charge < -0.3 is 15.0 Å². The van der Waals surface area contributed by atoms with E-state index in [0.29, 0.717) is 6.54 Å². The van der Waals surface area contributed by atoms with Gasteiger partial charge in [0.25, 0.3) is 0 Å². The lowest BCUT2D eigenvalue weighted by Crippen LogP contribution is -2.27. The molecule has 2 aromatic rings. The van der Waals surface area contributed by atoms with Crippen molar-refractivity contribution in [2.45, 2.75) is 59.2 Å². The molecular formula is C19H30N6O. The van der Waals surface area contributed by atoms with Crippen molar-refractivity contribution in [2.24, 2.45) is 0 Å². The van der Waals surface area contributed by atoms with Crippen molar-refractivity contribution < 1.29 is 5.11 Å². The van der Waals surface area contributed by atoms with Gasteiger partial charge >= 0.3 is 0 Å². The van der Waals surface area contributed by atoms with Crippen LogP contribution in [-0.2, 0) is 25.9 Å². The van der Waals surface area contributed by atoms with Gasteiger partial charge in [-0.25, -0.2) is 15.0 Å². The minimum Gasteiger partial charge on any atom is -0.392 e. The first-order valence-corrected chi connectivity index (χ1v) is 9.57. The molecular weight excluding hydrogens is 328 g/mol. The molecule has 0 bridgehead atoms. The number of hydrogen-bond donors (Lipinski definition) is 2. The summed E-state index contributed by atoms with van der Waals surface area (Å²) in [6, 6.07) is 0. The van der Waals surface area contributed by atoms with E-state index < -0.39 is 6.10 Å². The fraction of sp³-hybridized carbons (Fsp3) is 0.632. The number of rotatable bonds is 7. The molecule has 0 amide bonds. The number of aliphatic hydroxyl groups excluding tert-OH is 1. The Kier molecular flexibility index (Phi) is 6.21. The number of nitrogens with zero attached hydrogens (tertiary/aromatic N) is 5. The molecule has 26 heavy (non-hydrogen) atoms. The lowest BCUT2D eigenvalue weighted by molar-refractivity contribution is 0.208. The first-order valence-electron chi connectivity index (χ1n) is 9.57. The molecule has 0 unspecified atom stereocenters. The van der Waals surface area contributed by atoms with Crippen LogP contribution in [0, 0.1) is 6.92 Å². The van der Waals surface area contributed by atoms with Crippen molar-refractivity contribution in [3.05, 3.63) is 35.3 Å². The Morgan fingerprint density at radius 1 is 1.27 bits per heavy atom. The Morgan fingerprint density at radius 2 is 2.08 bits per heavy atom. The van der Waals surface area contributed by atoms with Crippen molar-refractivity contribution in [1.29, 1.82) is 0 Å². The molecule has 0 radical (unpaired) electrons. The maximum absolute atomic E-state index is 9.57. The minimum absolute atomic E-state index is 0.402. The largest absolute Gasteiger partial charge is 0.392 e. The van der Waals surface area contributed by atoms with Crippen molar-refractivity contribution in [2.75, 3.05) is 25.0 Å². The second-order valence-corrected chi connectivity index (χ2v) is 7.09. The van der Waals surface area contributed by atoms with E-state index >= 15 is 0 Å². The average Bonchev–Trinajstić information content (AvgIpc) is 2.92. The molecule has 2 aromatic heterocycles. The number of anilines is 1. The summed E-state index contributed by atoms with van der Waals surface area (Å²) >= 11 is 0. The summed E-state index contributed by atoms with van der Waals surface area (Å²) in [4.78, 5) is 16.2. The molecule has 0 aromatic carbocycles. The predicted octanol–water partition coefficient (Wildman–Crippen LogP) is 1.79. The Hall–Kier alpha value is -1.99. The SMILES string of the molecule is CCCn1ccnc1CN1CCc2nc(C)nc(NC[C@H](C)O)c2CC1. The molecule has 2 N–H and O–H groups in total. The van der Waals surface area contributed by atoms with E-state index in [1.807, 2.05) is 13.1 Å². The smallest absolute Gasteiger partial charge is 0.133 e. The van der Waals surface area contributed by atoms with Crippen molar-refractivity contribution in [3.8, 4) is 0 Å². The van der Waals surface area contributed by atoms with E-state index in [4.69, 9.17) is 0 Å². The van der Waals surface area contributed by atoms with Gasteiger partial charge in [-0.15, -0.1) is 0 Å². The van der Waals surface area contributed by atoms with Crippen LogP contribution in [0.15, 0.2) is 12.4 Å². The molecule has 7 heteroatoms. The van der Waals surface area contributed by atoms with Gasteiger partial charge in [-0.05, 0) is 26.7 Å². The van der Waals surface area contributed by atoms with E-state index in [0.717, 1.165) is 68.6 Å². The van der Waals surface area contributed by atoms with Crippen LogP contribution < -0.4 is 5.32 Å². The molecule has 0 saturated heterocycles. The summed E-state index contributed by atoms with van der Waals surface area (Å²) in [7, 11) is 0. The summed E-state index contributed by atoms with van der Waals surface area (Å²) in [6.07, 6.45) is 6.49. The highest BCUT2D eigenvalue weighted by molar-refractivity contribution is 5.47. The molecule has 3 heterocycles. The van der Waals surface area contributed by atoms with Gasteiger partial charge in [0, 0.05) is 50.6 Å². The molecule has 3 rings (SSSR count). The van der Waals surface area contributed by atoms with Crippen LogP contribution in [0.5, 0.6) is 0 Å². The van der Waals surface area contributed by atoms with Gasteiger partial charge in [-0.1, -0.05) is 6.92 Å². The van der Waals surface area contributed by atoms with Crippen LogP contribution in [0.1, 0.15) is 43.2 Å². The standard InChI is InChI=1S/C19H30N6O/c1-4-8-25-11-7-20-18(25)13-24-9-5-16-17(6-10-24)22-15(3)23-19(16)21-12-14(2)26/h7,11,14,26H,4-6,8-10,12-13H2,1-3H3,(H,21,22,23)/t14-/m0/s1. The molecule has 1 atom stereocenters. The first kappa shape index (κ1) is 18.8. The van der Waals surface area contributed by atoms with E-state index in [9.17, 15) is 5.11 Å². The highest BCUT2D eigenvalue weighted by Crippen LogP contribution is 2.22. The van der Waals surface area contributed by atoms with Gasteiger partial charge in [0.1, 0.15) is 17.5 Å². The minimum atomic E-state index is -0.402. The zero-order chi connectivity index (χ0) is 18.5. The molecule has 0 saturated carbocycles. The van der Waals surface area contributed by atoms with Crippen molar-refractivity contribution in [3.63, 3.8) is 0 Å². The Bertz CT molecular complexity index is 727. The third-order valence-electron chi connectivity index (χ3n) is 4.74. The van der Waals surface area contributed by atoms with E-state index in [-0.39, 0.29) is 0 Å². The van der Waals surface area contributed by atoms with Crippen LogP contribution in [0.25, 0.3) is 0 Å². The number of nitrogens with one attached hydrogen (secondary N) is 1. The monoisotopic (exact) mass is 358 g/mol. The Balaban J connectivity index is 1.72. The van der Waals surface area contributed by atoms with Gasteiger partial charge in [-0.3, -0.25) is 4.90 Å². The van der Waals surface area contributed by atoms with Crippen LogP contribution in [0.2, 0.25) is 0 Å². The average molecular weight is 358 g/mol. The normalized spacial score (nSPS) is 16.2. The number of hydrogen-bond acceptors (Lipinski definition) is 6. The van der Waals surface area contributed by atoms with Crippen LogP contribution in [0.4, 0.5) is 5.82 Å². The highest BCUT2D eigenvalue weighted by Gasteiger charge is 2.20. The van der Waals surface area contributed by atoms with Crippen LogP contribution >= 0.6 is 0 Å². The zero-order valence-electron chi connectivity index (χ0n) is 16.1. The topological polar surface area (TPSA) is 79.1 Å². The number of fused-ring (bicyclic) bond motifs is 1. The molecule has 0 fully saturated rings.